The van der Waals surface area contributed by atoms with Crippen molar-refractivity contribution in [1.82, 2.24) is 5.32 Å². The Kier molecular flexibility index (Phi) is 8.04. The summed E-state index contributed by atoms with van der Waals surface area (Å²) in [5.41, 5.74) is 4.40. The number of rotatable bonds is 9. The lowest BCUT2D eigenvalue weighted by Gasteiger charge is -2.12. The first-order chi connectivity index (χ1) is 14.2. The van der Waals surface area contributed by atoms with E-state index in [1.807, 2.05) is 55.5 Å². The Morgan fingerprint density at radius 1 is 0.828 bits per heavy atom. The molecule has 0 aliphatic rings. The van der Waals surface area contributed by atoms with Gasteiger partial charge in [-0.05, 0) is 60.1 Å². The Morgan fingerprint density at radius 3 is 2.28 bits per heavy atom. The smallest absolute Gasteiger partial charge is 0.171 e. The first-order valence-electron chi connectivity index (χ1n) is 9.70. The van der Waals surface area contributed by atoms with Gasteiger partial charge in [-0.3, -0.25) is 0 Å². The lowest BCUT2D eigenvalue weighted by molar-refractivity contribution is 0.107. The molecule has 0 bridgehead atoms. The molecule has 0 unspecified atom stereocenters. The summed E-state index contributed by atoms with van der Waals surface area (Å²) in [5, 5.41) is 7.02. The van der Waals surface area contributed by atoms with Gasteiger partial charge in [-0.15, -0.1) is 0 Å². The average molecular weight is 407 g/mol. The van der Waals surface area contributed by atoms with Crippen LogP contribution >= 0.6 is 12.2 Å². The van der Waals surface area contributed by atoms with Gasteiger partial charge < -0.3 is 20.1 Å². The van der Waals surface area contributed by atoms with E-state index in [1.54, 1.807) is 0 Å². The normalized spacial score (nSPS) is 10.4. The van der Waals surface area contributed by atoms with Gasteiger partial charge in [0.1, 0.15) is 5.75 Å². The summed E-state index contributed by atoms with van der Waals surface area (Å²) in [6.07, 6.45) is 0. The van der Waals surface area contributed by atoms with E-state index in [4.69, 9.17) is 21.7 Å². The van der Waals surface area contributed by atoms with E-state index in [9.17, 15) is 0 Å². The molecule has 0 heterocycles. The summed E-state index contributed by atoms with van der Waals surface area (Å²) in [4.78, 5) is 0. The molecule has 3 aromatic rings. The molecule has 5 heteroatoms. The molecule has 3 rings (SSSR count). The van der Waals surface area contributed by atoms with Gasteiger partial charge in [-0.2, -0.15) is 0 Å². The van der Waals surface area contributed by atoms with Gasteiger partial charge in [0.05, 0.1) is 19.8 Å². The van der Waals surface area contributed by atoms with E-state index in [2.05, 4.69) is 41.0 Å². The number of hydrogen-bond donors (Lipinski definition) is 2. The van der Waals surface area contributed by atoms with E-state index in [1.165, 1.54) is 5.56 Å². The summed E-state index contributed by atoms with van der Waals surface area (Å²) >= 11 is 5.40. The van der Waals surface area contributed by atoms with Crippen LogP contribution in [-0.4, -0.2) is 11.7 Å². The third-order valence-corrected chi connectivity index (χ3v) is 4.49. The monoisotopic (exact) mass is 406 g/mol. The zero-order valence-corrected chi connectivity index (χ0v) is 17.4. The number of hydrogen-bond acceptors (Lipinski definition) is 3. The van der Waals surface area contributed by atoms with E-state index < -0.39 is 0 Å². The molecular weight excluding hydrogens is 380 g/mol. The Labute approximate surface area is 177 Å². The summed E-state index contributed by atoms with van der Waals surface area (Å²) in [7, 11) is 0. The number of benzene rings is 3. The predicted octanol–water partition coefficient (Wildman–Crippen LogP) is 5.29. The third-order valence-electron chi connectivity index (χ3n) is 4.25. The minimum Gasteiger partial charge on any atom is -0.494 e. The molecular formula is C24H26N2O2S. The molecule has 0 aliphatic carbocycles. The number of thiocarbonyl (C=S) groups is 1. The Balaban J connectivity index is 1.44. The van der Waals surface area contributed by atoms with Crippen molar-refractivity contribution in [3.63, 3.8) is 0 Å². The van der Waals surface area contributed by atoms with E-state index in [-0.39, 0.29) is 0 Å². The van der Waals surface area contributed by atoms with Crippen LogP contribution in [-0.2, 0) is 24.5 Å². The molecule has 0 saturated carbocycles. The first kappa shape index (κ1) is 20.8. The topological polar surface area (TPSA) is 42.5 Å². The second kappa shape index (κ2) is 11.2. The predicted molar refractivity (Wildman–Crippen MR) is 122 cm³/mol. The second-order valence-electron chi connectivity index (χ2n) is 6.56. The molecule has 2 N–H and O–H groups in total. The highest BCUT2D eigenvalue weighted by atomic mass is 32.1. The molecule has 0 amide bonds. The second-order valence-corrected chi connectivity index (χ2v) is 6.97. The fraction of sp³-hybridized carbons (Fsp3) is 0.208. The average Bonchev–Trinajstić information content (AvgIpc) is 2.75. The molecule has 0 saturated heterocycles. The van der Waals surface area contributed by atoms with Crippen LogP contribution < -0.4 is 15.4 Å². The van der Waals surface area contributed by atoms with Crippen LogP contribution in [0.25, 0.3) is 0 Å². The van der Waals surface area contributed by atoms with Crippen LogP contribution in [0.2, 0.25) is 0 Å². The van der Waals surface area contributed by atoms with Crippen LogP contribution in [0.15, 0.2) is 78.9 Å². The maximum Gasteiger partial charge on any atom is 0.171 e. The molecule has 3 aromatic carbocycles. The summed E-state index contributed by atoms with van der Waals surface area (Å²) in [6, 6.07) is 26.3. The van der Waals surface area contributed by atoms with E-state index in [0.29, 0.717) is 31.5 Å². The van der Waals surface area contributed by atoms with Crippen molar-refractivity contribution in [1.29, 1.82) is 0 Å². The van der Waals surface area contributed by atoms with Crippen molar-refractivity contribution in [2.24, 2.45) is 0 Å². The van der Waals surface area contributed by atoms with E-state index in [0.717, 1.165) is 22.6 Å². The molecule has 0 aromatic heterocycles. The maximum atomic E-state index is 5.82. The van der Waals surface area contributed by atoms with Crippen LogP contribution in [0.3, 0.4) is 0 Å². The van der Waals surface area contributed by atoms with Crippen molar-refractivity contribution in [2.45, 2.75) is 26.7 Å². The standard InChI is InChI=1S/C24H26N2O2S/c1-2-28-23-13-11-22(12-14-23)26-24(29)25-16-20-9-6-10-21(15-20)18-27-17-19-7-4-3-5-8-19/h3-15H,2,16-18H2,1H3,(H2,25,26,29). The Morgan fingerprint density at radius 2 is 1.52 bits per heavy atom. The maximum absolute atomic E-state index is 5.82. The van der Waals surface area contributed by atoms with Gasteiger partial charge in [0, 0.05) is 12.2 Å². The number of anilines is 1. The summed E-state index contributed by atoms with van der Waals surface area (Å²) in [6.45, 7) is 4.46. The summed E-state index contributed by atoms with van der Waals surface area (Å²) in [5.74, 6) is 0.850. The minimum absolute atomic E-state index is 0.581. The highest BCUT2D eigenvalue weighted by molar-refractivity contribution is 7.80. The van der Waals surface area contributed by atoms with Crippen molar-refractivity contribution in [3.8, 4) is 5.75 Å². The molecule has 150 valence electrons. The van der Waals surface area contributed by atoms with Gasteiger partial charge >= 0.3 is 0 Å². The zero-order chi connectivity index (χ0) is 20.3. The lowest BCUT2D eigenvalue weighted by Crippen LogP contribution is -2.27. The molecule has 0 aliphatic heterocycles. The lowest BCUT2D eigenvalue weighted by atomic mass is 10.1. The van der Waals surface area contributed by atoms with Crippen LogP contribution in [0, 0.1) is 0 Å². The number of nitrogens with one attached hydrogen (secondary N) is 2. The molecule has 29 heavy (non-hydrogen) atoms. The van der Waals surface area contributed by atoms with Gasteiger partial charge in [-0.25, -0.2) is 0 Å². The van der Waals surface area contributed by atoms with Crippen LogP contribution in [0.5, 0.6) is 5.75 Å². The van der Waals surface area contributed by atoms with Crippen molar-refractivity contribution in [2.75, 3.05) is 11.9 Å². The van der Waals surface area contributed by atoms with Crippen molar-refractivity contribution < 1.29 is 9.47 Å². The molecule has 0 fully saturated rings. The largest absolute Gasteiger partial charge is 0.494 e. The highest BCUT2D eigenvalue weighted by Gasteiger charge is 2.01. The van der Waals surface area contributed by atoms with Gasteiger partial charge in [-0.1, -0.05) is 54.6 Å². The molecule has 4 nitrogen and oxygen atoms in total. The molecule has 0 spiro atoms. The minimum atomic E-state index is 0.581. The van der Waals surface area contributed by atoms with Gasteiger partial charge in [0.2, 0.25) is 0 Å². The zero-order valence-electron chi connectivity index (χ0n) is 16.6. The summed E-state index contributed by atoms with van der Waals surface area (Å²) < 4.78 is 11.3. The van der Waals surface area contributed by atoms with E-state index >= 15 is 0 Å². The Hall–Kier alpha value is -2.89. The molecule has 0 atom stereocenters. The highest BCUT2D eigenvalue weighted by Crippen LogP contribution is 2.15. The fourth-order valence-electron chi connectivity index (χ4n) is 2.85. The molecule has 0 radical (unpaired) electrons. The quantitative estimate of drug-likeness (QED) is 0.473. The van der Waals surface area contributed by atoms with Gasteiger partial charge in [0.15, 0.2) is 5.11 Å². The third kappa shape index (κ3) is 7.22. The number of ether oxygens (including phenoxy) is 2. The van der Waals surface area contributed by atoms with Crippen molar-refractivity contribution >= 4 is 23.0 Å². The first-order valence-corrected chi connectivity index (χ1v) is 10.1. The van der Waals surface area contributed by atoms with Crippen LogP contribution in [0.4, 0.5) is 5.69 Å². The Bertz CT molecular complexity index is 898. The van der Waals surface area contributed by atoms with Crippen molar-refractivity contribution in [3.05, 3.63) is 95.6 Å². The fourth-order valence-corrected chi connectivity index (χ4v) is 3.04. The van der Waals surface area contributed by atoms with Crippen LogP contribution in [0.1, 0.15) is 23.6 Å². The SMILES string of the molecule is CCOc1ccc(NC(=S)NCc2cccc(COCc3ccccc3)c2)cc1. The van der Waals surface area contributed by atoms with Gasteiger partial charge in [0.25, 0.3) is 0 Å².